The van der Waals surface area contributed by atoms with E-state index >= 15 is 0 Å². The first-order chi connectivity index (χ1) is 10.5. The quantitative estimate of drug-likeness (QED) is 0.771. The van der Waals surface area contributed by atoms with Gasteiger partial charge in [0.15, 0.2) is 0 Å². The summed E-state index contributed by atoms with van der Waals surface area (Å²) < 4.78 is 0. The molecule has 0 spiro atoms. The maximum atomic E-state index is 13.0. The molecule has 2 aromatic carbocycles. The van der Waals surface area contributed by atoms with Gasteiger partial charge in [-0.05, 0) is 31.2 Å². The fraction of sp³-hybridized carbons (Fsp3) is 0.167. The fourth-order valence-electron chi connectivity index (χ4n) is 2.64. The predicted octanol–water partition coefficient (Wildman–Crippen LogP) is 4.31. The summed E-state index contributed by atoms with van der Waals surface area (Å²) in [4.78, 5) is 16.7. The maximum Gasteiger partial charge on any atom is 0.265 e. The summed E-state index contributed by atoms with van der Waals surface area (Å²) in [5, 5.41) is 0.622. The number of anilines is 2. The lowest BCUT2D eigenvalue weighted by molar-refractivity contribution is -0.112. The van der Waals surface area contributed by atoms with Crippen LogP contribution in [0.4, 0.5) is 11.4 Å². The Kier molecular flexibility index (Phi) is 3.67. The van der Waals surface area contributed by atoms with Crippen LogP contribution in [0.3, 0.4) is 0 Å². The summed E-state index contributed by atoms with van der Waals surface area (Å²) in [6.45, 7) is 1.96. The summed E-state index contributed by atoms with van der Waals surface area (Å²) in [5.41, 5.74) is 4.26. The number of halogens is 1. The Bertz CT molecular complexity index is 766. The molecule has 1 amide bonds. The first-order valence-corrected chi connectivity index (χ1v) is 7.46. The molecule has 1 heterocycles. The first-order valence-electron chi connectivity index (χ1n) is 7.08. The van der Waals surface area contributed by atoms with Crippen molar-refractivity contribution in [2.45, 2.75) is 6.92 Å². The number of nitrogens with zero attached hydrogens (tertiary/aromatic N) is 2. The molecule has 0 aliphatic carbocycles. The van der Waals surface area contributed by atoms with E-state index in [1.165, 1.54) is 0 Å². The van der Waals surface area contributed by atoms with Crippen molar-refractivity contribution in [3.05, 3.63) is 64.8 Å². The van der Waals surface area contributed by atoms with E-state index in [-0.39, 0.29) is 5.91 Å². The van der Waals surface area contributed by atoms with Crippen molar-refractivity contribution in [3.63, 3.8) is 0 Å². The molecule has 0 unspecified atom stereocenters. The zero-order valence-electron chi connectivity index (χ0n) is 12.8. The van der Waals surface area contributed by atoms with Crippen molar-refractivity contribution in [2.75, 3.05) is 19.0 Å². The van der Waals surface area contributed by atoms with Gasteiger partial charge < -0.3 is 4.90 Å². The Morgan fingerprint density at radius 1 is 1.09 bits per heavy atom. The number of hydrogen-bond acceptors (Lipinski definition) is 2. The number of hydrogen-bond donors (Lipinski definition) is 0. The topological polar surface area (TPSA) is 23.6 Å². The third-order valence-electron chi connectivity index (χ3n) is 3.93. The molecule has 3 rings (SSSR count). The minimum Gasteiger partial charge on any atom is -0.381 e. The van der Waals surface area contributed by atoms with Crippen molar-refractivity contribution in [1.29, 1.82) is 0 Å². The van der Waals surface area contributed by atoms with Gasteiger partial charge in [0.2, 0.25) is 0 Å². The third kappa shape index (κ3) is 2.28. The van der Waals surface area contributed by atoms with Crippen LogP contribution in [0.1, 0.15) is 12.5 Å². The van der Waals surface area contributed by atoms with E-state index in [9.17, 15) is 4.79 Å². The molecule has 0 bridgehead atoms. The van der Waals surface area contributed by atoms with Gasteiger partial charge in [-0.1, -0.05) is 35.9 Å². The molecular formula is C18H17ClN2O. The molecular weight excluding hydrogens is 296 g/mol. The van der Waals surface area contributed by atoms with Gasteiger partial charge in [-0.15, -0.1) is 0 Å². The molecule has 0 aromatic heterocycles. The molecule has 0 N–H and O–H groups in total. The Balaban J connectivity index is 2.26. The molecule has 3 nitrogen and oxygen atoms in total. The standard InChI is InChI=1S/C18H17ClN2O/c1-12(20(2)3)17-15-10-9-13(19)11-16(15)21(18(17)22)14-7-5-4-6-8-14/h4-11H,1-3H3/b17-12+. The molecule has 0 saturated heterocycles. The Labute approximate surface area is 135 Å². The zero-order valence-corrected chi connectivity index (χ0v) is 13.6. The summed E-state index contributed by atoms with van der Waals surface area (Å²) in [7, 11) is 3.88. The van der Waals surface area contributed by atoms with Gasteiger partial charge in [0, 0.05) is 36.1 Å². The van der Waals surface area contributed by atoms with Crippen molar-refractivity contribution in [1.82, 2.24) is 4.90 Å². The zero-order chi connectivity index (χ0) is 15.9. The summed E-state index contributed by atoms with van der Waals surface area (Å²) in [6.07, 6.45) is 0. The van der Waals surface area contributed by atoms with Crippen LogP contribution in [0.15, 0.2) is 54.2 Å². The van der Waals surface area contributed by atoms with Crippen LogP contribution < -0.4 is 4.90 Å². The second-order valence-corrected chi connectivity index (χ2v) is 5.93. The molecule has 112 valence electrons. The maximum absolute atomic E-state index is 13.0. The molecule has 4 heteroatoms. The lowest BCUT2D eigenvalue weighted by Crippen LogP contribution is -2.22. The van der Waals surface area contributed by atoms with Gasteiger partial charge in [0.1, 0.15) is 0 Å². The minimum absolute atomic E-state index is 0.0188. The normalized spacial score (nSPS) is 15.8. The van der Waals surface area contributed by atoms with E-state index in [1.54, 1.807) is 4.90 Å². The van der Waals surface area contributed by atoms with Crippen molar-refractivity contribution >= 4 is 34.5 Å². The lowest BCUT2D eigenvalue weighted by Gasteiger charge is -2.18. The van der Waals surface area contributed by atoms with Gasteiger partial charge in [0.25, 0.3) is 5.91 Å². The Morgan fingerprint density at radius 3 is 2.41 bits per heavy atom. The second kappa shape index (κ2) is 5.50. The van der Waals surface area contributed by atoms with Gasteiger partial charge >= 0.3 is 0 Å². The number of carbonyl (C=O) groups excluding carboxylic acids is 1. The highest BCUT2D eigenvalue weighted by atomic mass is 35.5. The highest BCUT2D eigenvalue weighted by Gasteiger charge is 2.35. The summed E-state index contributed by atoms with van der Waals surface area (Å²) in [6, 6.07) is 15.2. The second-order valence-electron chi connectivity index (χ2n) is 5.49. The largest absolute Gasteiger partial charge is 0.381 e. The van der Waals surface area contributed by atoms with Crippen molar-refractivity contribution in [3.8, 4) is 0 Å². The van der Waals surface area contributed by atoms with Crippen LogP contribution in [0, 0.1) is 0 Å². The Morgan fingerprint density at radius 2 is 1.77 bits per heavy atom. The van der Waals surface area contributed by atoms with E-state index in [0.29, 0.717) is 5.02 Å². The van der Waals surface area contributed by atoms with Crippen LogP contribution in [-0.2, 0) is 4.79 Å². The van der Waals surface area contributed by atoms with Crippen LogP contribution in [0.2, 0.25) is 5.02 Å². The molecule has 0 fully saturated rings. The number of carbonyl (C=O) groups is 1. The van der Waals surface area contributed by atoms with E-state index < -0.39 is 0 Å². The van der Waals surface area contributed by atoms with Crippen LogP contribution >= 0.6 is 11.6 Å². The van der Waals surface area contributed by atoms with Crippen LogP contribution in [-0.4, -0.2) is 24.9 Å². The molecule has 22 heavy (non-hydrogen) atoms. The number of fused-ring (bicyclic) bond motifs is 1. The number of amides is 1. The molecule has 1 aliphatic heterocycles. The van der Waals surface area contributed by atoms with Gasteiger partial charge in [-0.3, -0.25) is 9.69 Å². The molecule has 2 aromatic rings. The molecule has 0 atom stereocenters. The highest BCUT2D eigenvalue weighted by molar-refractivity contribution is 6.37. The number of rotatable bonds is 2. The van der Waals surface area contributed by atoms with Crippen molar-refractivity contribution < 1.29 is 4.79 Å². The van der Waals surface area contributed by atoms with E-state index in [4.69, 9.17) is 11.6 Å². The van der Waals surface area contributed by atoms with Gasteiger partial charge in [-0.2, -0.15) is 0 Å². The fourth-order valence-corrected chi connectivity index (χ4v) is 2.81. The van der Waals surface area contributed by atoms with E-state index in [1.807, 2.05) is 74.4 Å². The summed E-state index contributed by atoms with van der Waals surface area (Å²) in [5.74, 6) is -0.0188. The van der Waals surface area contributed by atoms with E-state index in [0.717, 1.165) is 28.2 Å². The van der Waals surface area contributed by atoms with Gasteiger partial charge in [-0.25, -0.2) is 0 Å². The summed E-state index contributed by atoms with van der Waals surface area (Å²) >= 11 is 6.15. The number of para-hydroxylation sites is 1. The monoisotopic (exact) mass is 312 g/mol. The number of allylic oxidation sites excluding steroid dienone is 1. The molecule has 1 aliphatic rings. The van der Waals surface area contributed by atoms with Crippen LogP contribution in [0.25, 0.3) is 5.57 Å². The minimum atomic E-state index is -0.0188. The predicted molar refractivity (Wildman–Crippen MR) is 91.3 cm³/mol. The lowest BCUT2D eigenvalue weighted by atomic mass is 10.1. The average Bonchev–Trinajstić information content (AvgIpc) is 2.78. The molecule has 0 radical (unpaired) electrons. The SMILES string of the molecule is C/C(=C1\C(=O)N(c2ccccc2)c2cc(Cl)ccc21)N(C)C. The van der Waals surface area contributed by atoms with Gasteiger partial charge in [0.05, 0.1) is 11.3 Å². The average molecular weight is 313 g/mol. The number of benzene rings is 2. The van der Waals surface area contributed by atoms with Crippen molar-refractivity contribution in [2.24, 2.45) is 0 Å². The van der Waals surface area contributed by atoms with E-state index in [2.05, 4.69) is 0 Å². The Hall–Kier alpha value is -2.26. The highest BCUT2D eigenvalue weighted by Crippen LogP contribution is 2.43. The smallest absolute Gasteiger partial charge is 0.265 e. The molecule has 0 saturated carbocycles. The first kappa shape index (κ1) is 14.7. The van der Waals surface area contributed by atoms with Crippen LogP contribution in [0.5, 0.6) is 0 Å². The third-order valence-corrected chi connectivity index (χ3v) is 4.17.